The van der Waals surface area contributed by atoms with E-state index >= 15 is 0 Å². The van der Waals surface area contributed by atoms with Gasteiger partial charge in [0.15, 0.2) is 0 Å². The summed E-state index contributed by atoms with van der Waals surface area (Å²) < 4.78 is 11.9. The highest BCUT2D eigenvalue weighted by Gasteiger charge is 2.27. The van der Waals surface area contributed by atoms with Gasteiger partial charge in [-0.2, -0.15) is 0 Å². The Morgan fingerprint density at radius 1 is 1.60 bits per heavy atom. The third kappa shape index (κ3) is 2.48. The van der Waals surface area contributed by atoms with Crippen LogP contribution >= 0.6 is 15.9 Å². The van der Waals surface area contributed by atoms with Crippen molar-refractivity contribution in [3.05, 3.63) is 22.3 Å². The van der Waals surface area contributed by atoms with Crippen molar-refractivity contribution in [2.75, 3.05) is 13.2 Å². The molecule has 0 radical (unpaired) electrons. The average Bonchev–Trinajstić information content (AvgIpc) is 2.57. The predicted octanol–water partition coefficient (Wildman–Crippen LogP) is 1.26. The van der Waals surface area contributed by atoms with Crippen molar-refractivity contribution >= 4 is 15.9 Å². The van der Waals surface area contributed by atoms with E-state index in [0.717, 1.165) is 10.0 Å². The number of halogens is 1. The maximum absolute atomic E-state index is 5.82. The van der Waals surface area contributed by atoms with Crippen LogP contribution in [0.25, 0.3) is 0 Å². The Bertz CT molecular complexity index is 359. The second-order valence-corrected chi connectivity index (χ2v) is 4.55. The Kier molecular flexibility index (Phi) is 3.23. The first-order valence-corrected chi connectivity index (χ1v) is 5.58. The fourth-order valence-corrected chi connectivity index (χ4v) is 1.91. The minimum absolute atomic E-state index is 0.0603. The molecule has 0 amide bonds. The van der Waals surface area contributed by atoms with Crippen LogP contribution in [0.5, 0.6) is 5.88 Å². The maximum atomic E-state index is 5.82. The van der Waals surface area contributed by atoms with E-state index in [-0.39, 0.29) is 12.1 Å². The summed E-state index contributed by atoms with van der Waals surface area (Å²) in [6.45, 7) is 3.05. The number of pyridine rings is 1. The summed E-state index contributed by atoms with van der Waals surface area (Å²) >= 11 is 3.35. The van der Waals surface area contributed by atoms with Crippen LogP contribution in [0.1, 0.15) is 5.56 Å². The molecule has 0 spiro atoms. The first kappa shape index (κ1) is 10.9. The number of aryl methyl sites for hydroxylation is 1. The molecule has 1 aliphatic heterocycles. The standard InChI is InChI=1S/C10H13BrN2O2/c1-6-2-7(11)3-13-10(6)15-9-5-14-4-8(9)12/h2-3,8-9H,4-5,12H2,1H3. The number of nitrogens with zero attached hydrogens (tertiary/aromatic N) is 1. The van der Waals surface area contributed by atoms with Crippen molar-refractivity contribution in [3.63, 3.8) is 0 Å². The largest absolute Gasteiger partial charge is 0.470 e. The molecule has 1 aromatic rings. The van der Waals surface area contributed by atoms with Crippen LogP contribution in [0, 0.1) is 6.92 Å². The van der Waals surface area contributed by atoms with E-state index in [9.17, 15) is 0 Å². The molecule has 2 unspecified atom stereocenters. The minimum Gasteiger partial charge on any atom is -0.470 e. The van der Waals surface area contributed by atoms with Gasteiger partial charge in [-0.3, -0.25) is 0 Å². The molecule has 0 bridgehead atoms. The highest BCUT2D eigenvalue weighted by atomic mass is 79.9. The molecule has 1 fully saturated rings. The Balaban J connectivity index is 2.10. The number of nitrogens with two attached hydrogens (primary N) is 1. The number of hydrogen-bond acceptors (Lipinski definition) is 4. The molecule has 82 valence electrons. The van der Waals surface area contributed by atoms with E-state index < -0.39 is 0 Å². The first-order valence-electron chi connectivity index (χ1n) is 4.79. The first-order chi connectivity index (χ1) is 7.16. The SMILES string of the molecule is Cc1cc(Br)cnc1OC1COCC1N. The van der Waals surface area contributed by atoms with Crippen LogP contribution in [0.15, 0.2) is 16.7 Å². The second kappa shape index (κ2) is 4.47. The van der Waals surface area contributed by atoms with Gasteiger partial charge in [-0.15, -0.1) is 0 Å². The van der Waals surface area contributed by atoms with Crippen molar-refractivity contribution in [1.82, 2.24) is 4.98 Å². The lowest BCUT2D eigenvalue weighted by Gasteiger charge is -2.16. The molecule has 2 heterocycles. The van der Waals surface area contributed by atoms with E-state index in [1.165, 1.54) is 0 Å². The minimum atomic E-state index is -0.0858. The van der Waals surface area contributed by atoms with Crippen LogP contribution in [0.2, 0.25) is 0 Å². The molecule has 0 saturated carbocycles. The van der Waals surface area contributed by atoms with Gasteiger partial charge >= 0.3 is 0 Å². The number of aromatic nitrogens is 1. The molecule has 1 aromatic heterocycles. The summed E-state index contributed by atoms with van der Waals surface area (Å²) in [5, 5.41) is 0. The van der Waals surface area contributed by atoms with E-state index in [2.05, 4.69) is 20.9 Å². The summed E-state index contributed by atoms with van der Waals surface area (Å²) in [6, 6.07) is 1.90. The fourth-order valence-electron chi connectivity index (χ4n) is 1.47. The van der Waals surface area contributed by atoms with Crippen LogP contribution in [0.4, 0.5) is 0 Å². The molecule has 2 rings (SSSR count). The number of ether oxygens (including phenoxy) is 2. The zero-order valence-electron chi connectivity index (χ0n) is 8.44. The van der Waals surface area contributed by atoms with Crippen LogP contribution in [-0.4, -0.2) is 30.3 Å². The Labute approximate surface area is 96.9 Å². The molecule has 1 saturated heterocycles. The topological polar surface area (TPSA) is 57.4 Å². The summed E-state index contributed by atoms with van der Waals surface area (Å²) in [5.41, 5.74) is 6.81. The molecule has 2 atom stereocenters. The molecule has 1 aliphatic rings. The summed E-state index contributed by atoms with van der Waals surface area (Å²) in [7, 11) is 0. The van der Waals surface area contributed by atoms with Gasteiger partial charge in [-0.1, -0.05) is 0 Å². The highest BCUT2D eigenvalue weighted by molar-refractivity contribution is 9.10. The molecule has 0 aromatic carbocycles. The van der Waals surface area contributed by atoms with E-state index in [0.29, 0.717) is 19.1 Å². The van der Waals surface area contributed by atoms with Crippen LogP contribution in [-0.2, 0) is 4.74 Å². The maximum Gasteiger partial charge on any atom is 0.216 e. The third-order valence-corrected chi connectivity index (χ3v) is 2.76. The predicted molar refractivity (Wildman–Crippen MR) is 59.9 cm³/mol. The van der Waals surface area contributed by atoms with Gasteiger partial charge in [0.25, 0.3) is 0 Å². The summed E-state index contributed by atoms with van der Waals surface area (Å²) in [4.78, 5) is 4.20. The quantitative estimate of drug-likeness (QED) is 0.881. The fraction of sp³-hybridized carbons (Fsp3) is 0.500. The molecular formula is C10H13BrN2O2. The molecule has 0 aliphatic carbocycles. The van der Waals surface area contributed by atoms with Crippen LogP contribution in [0.3, 0.4) is 0 Å². The average molecular weight is 273 g/mol. The molecule has 4 nitrogen and oxygen atoms in total. The highest BCUT2D eigenvalue weighted by Crippen LogP contribution is 2.21. The van der Waals surface area contributed by atoms with Gasteiger partial charge in [0.1, 0.15) is 6.10 Å². The van der Waals surface area contributed by atoms with Crippen molar-refractivity contribution in [2.45, 2.75) is 19.1 Å². The van der Waals surface area contributed by atoms with E-state index in [4.69, 9.17) is 15.2 Å². The monoisotopic (exact) mass is 272 g/mol. The lowest BCUT2D eigenvalue weighted by atomic mass is 10.2. The third-order valence-electron chi connectivity index (χ3n) is 2.33. The van der Waals surface area contributed by atoms with Gasteiger partial charge in [0.2, 0.25) is 5.88 Å². The van der Waals surface area contributed by atoms with Gasteiger partial charge < -0.3 is 15.2 Å². The number of hydrogen-bond donors (Lipinski definition) is 1. The van der Waals surface area contributed by atoms with Crippen molar-refractivity contribution in [3.8, 4) is 5.88 Å². The van der Waals surface area contributed by atoms with Crippen molar-refractivity contribution < 1.29 is 9.47 Å². The lowest BCUT2D eigenvalue weighted by molar-refractivity contribution is 0.136. The normalized spacial score (nSPS) is 25.5. The van der Waals surface area contributed by atoms with Gasteiger partial charge in [-0.25, -0.2) is 4.98 Å². The molecule has 2 N–H and O–H groups in total. The number of rotatable bonds is 2. The Morgan fingerprint density at radius 2 is 2.40 bits per heavy atom. The van der Waals surface area contributed by atoms with Gasteiger partial charge in [-0.05, 0) is 28.9 Å². The van der Waals surface area contributed by atoms with Crippen molar-refractivity contribution in [1.29, 1.82) is 0 Å². The van der Waals surface area contributed by atoms with E-state index in [1.54, 1.807) is 6.20 Å². The lowest BCUT2D eigenvalue weighted by Crippen LogP contribution is -2.37. The van der Waals surface area contributed by atoms with Gasteiger partial charge in [0.05, 0.1) is 19.3 Å². The Morgan fingerprint density at radius 3 is 3.00 bits per heavy atom. The zero-order valence-corrected chi connectivity index (χ0v) is 10.0. The smallest absolute Gasteiger partial charge is 0.216 e. The zero-order chi connectivity index (χ0) is 10.8. The van der Waals surface area contributed by atoms with E-state index in [1.807, 2.05) is 13.0 Å². The van der Waals surface area contributed by atoms with Crippen LogP contribution < -0.4 is 10.5 Å². The molecule has 5 heteroatoms. The second-order valence-electron chi connectivity index (χ2n) is 3.63. The molecule has 15 heavy (non-hydrogen) atoms. The Hall–Kier alpha value is -0.650. The summed E-state index contributed by atoms with van der Waals surface area (Å²) in [6.07, 6.45) is 1.63. The molecular weight excluding hydrogens is 260 g/mol. The summed E-state index contributed by atoms with van der Waals surface area (Å²) in [5.74, 6) is 0.629. The van der Waals surface area contributed by atoms with Crippen molar-refractivity contribution in [2.24, 2.45) is 5.73 Å². The van der Waals surface area contributed by atoms with Gasteiger partial charge in [0, 0.05) is 16.2 Å².